The van der Waals surface area contributed by atoms with Gasteiger partial charge in [0.2, 0.25) is 10.0 Å². The zero-order chi connectivity index (χ0) is 20.4. The first-order valence-corrected chi connectivity index (χ1v) is 11.4. The Morgan fingerprint density at radius 3 is 2.15 bits per heavy atom. The molecule has 0 bridgehead atoms. The number of benzene rings is 2. The van der Waals surface area contributed by atoms with Crippen molar-refractivity contribution in [3.8, 4) is 0 Å². The van der Waals surface area contributed by atoms with Crippen molar-refractivity contribution in [1.29, 1.82) is 0 Å². The Labute approximate surface area is 159 Å². The van der Waals surface area contributed by atoms with Crippen molar-refractivity contribution in [2.75, 3.05) is 32.2 Å². The lowest BCUT2D eigenvalue weighted by Gasteiger charge is -2.26. The van der Waals surface area contributed by atoms with Crippen molar-refractivity contribution in [3.05, 3.63) is 53.8 Å². The summed E-state index contributed by atoms with van der Waals surface area (Å²) in [6.07, 6.45) is 0.990. The van der Waals surface area contributed by atoms with Gasteiger partial charge in [-0.1, -0.05) is 12.1 Å². The first kappa shape index (κ1) is 21.3. The van der Waals surface area contributed by atoms with Gasteiger partial charge in [-0.25, -0.2) is 26.4 Å². The number of likely N-dealkylation sites (N-methyl/N-ethyl adjacent to an activating group) is 1. The summed E-state index contributed by atoms with van der Waals surface area (Å²) in [6, 6.07) is 9.50. The van der Waals surface area contributed by atoms with Gasteiger partial charge in [0.05, 0.1) is 21.5 Å². The lowest BCUT2D eigenvalue weighted by Crippen LogP contribution is -2.27. The molecule has 3 N–H and O–H groups in total. The Hall–Kier alpha value is -2.01. The summed E-state index contributed by atoms with van der Waals surface area (Å²) in [5.74, 6) is -0.345. The quantitative estimate of drug-likeness (QED) is 0.711. The fraction of sp³-hybridized carbons (Fsp3) is 0.294. The molecular weight excluding hydrogens is 393 g/mol. The highest BCUT2D eigenvalue weighted by Gasteiger charge is 2.20. The van der Waals surface area contributed by atoms with E-state index in [0.717, 1.165) is 17.9 Å². The third-order valence-corrected chi connectivity index (χ3v) is 6.09. The fourth-order valence-electron chi connectivity index (χ4n) is 2.62. The minimum Gasteiger partial charge on any atom is -0.382 e. The van der Waals surface area contributed by atoms with Crippen LogP contribution in [0.1, 0.15) is 11.6 Å². The van der Waals surface area contributed by atoms with Gasteiger partial charge in [0, 0.05) is 12.8 Å². The summed E-state index contributed by atoms with van der Waals surface area (Å²) in [5, 5.41) is 8.13. The standard InChI is InChI=1S/C17H22FN3O4S2/c1-21(2)16(12-4-6-13(18)7-5-12)11-20-15-9-8-14(27(19,24)25)10-17(15)26(3,22)23/h4-10,16,20H,11H2,1-3H3,(H2,19,24,25). The molecule has 0 amide bonds. The molecule has 0 aliphatic carbocycles. The minimum absolute atomic E-state index is 0.161. The van der Waals surface area contributed by atoms with Crippen LogP contribution in [-0.4, -0.2) is 48.6 Å². The molecule has 0 spiro atoms. The molecule has 27 heavy (non-hydrogen) atoms. The molecule has 0 aliphatic heterocycles. The number of hydrogen-bond acceptors (Lipinski definition) is 6. The van der Waals surface area contributed by atoms with E-state index in [1.54, 1.807) is 12.1 Å². The van der Waals surface area contributed by atoms with Gasteiger partial charge in [0.25, 0.3) is 0 Å². The highest BCUT2D eigenvalue weighted by molar-refractivity contribution is 7.91. The number of hydrogen-bond donors (Lipinski definition) is 2. The monoisotopic (exact) mass is 415 g/mol. The summed E-state index contributed by atoms with van der Waals surface area (Å²) < 4.78 is 60.4. The number of primary sulfonamides is 1. The maximum atomic E-state index is 13.2. The molecular formula is C17H22FN3O4S2. The minimum atomic E-state index is -4.03. The molecule has 0 saturated carbocycles. The second kappa shape index (κ2) is 7.93. The number of anilines is 1. The van der Waals surface area contributed by atoms with E-state index in [4.69, 9.17) is 5.14 Å². The fourth-order valence-corrected chi connectivity index (χ4v) is 4.12. The van der Waals surface area contributed by atoms with Crippen molar-refractivity contribution >= 4 is 25.5 Å². The van der Waals surface area contributed by atoms with Crippen molar-refractivity contribution in [1.82, 2.24) is 4.90 Å². The predicted octanol–water partition coefficient (Wildman–Crippen LogP) is 1.59. The van der Waals surface area contributed by atoms with Crippen LogP contribution in [0.25, 0.3) is 0 Å². The van der Waals surface area contributed by atoms with Gasteiger partial charge >= 0.3 is 0 Å². The Balaban J connectivity index is 2.36. The van der Waals surface area contributed by atoms with Crippen LogP contribution in [-0.2, 0) is 19.9 Å². The van der Waals surface area contributed by atoms with Gasteiger partial charge in [-0.15, -0.1) is 0 Å². The summed E-state index contributed by atoms with van der Waals surface area (Å²) in [6.45, 7) is 0.315. The average Bonchev–Trinajstić information content (AvgIpc) is 2.54. The first-order chi connectivity index (χ1) is 12.4. The Morgan fingerprint density at radius 2 is 1.67 bits per heavy atom. The van der Waals surface area contributed by atoms with Gasteiger partial charge in [0.15, 0.2) is 9.84 Å². The van der Waals surface area contributed by atoms with Crippen LogP contribution >= 0.6 is 0 Å². The third-order valence-electron chi connectivity index (χ3n) is 4.05. The molecule has 148 valence electrons. The number of nitrogens with one attached hydrogen (secondary N) is 1. The Morgan fingerprint density at radius 1 is 1.07 bits per heavy atom. The Bertz CT molecular complexity index is 1020. The average molecular weight is 416 g/mol. The maximum Gasteiger partial charge on any atom is 0.238 e. The number of sulfonamides is 1. The van der Waals surface area contributed by atoms with Gasteiger partial charge in [-0.05, 0) is 50.0 Å². The third kappa shape index (κ3) is 5.48. The van der Waals surface area contributed by atoms with Crippen molar-refractivity contribution < 1.29 is 21.2 Å². The summed E-state index contributed by atoms with van der Waals surface area (Å²) in [5.41, 5.74) is 1.11. The number of halogens is 1. The second-order valence-electron chi connectivity index (χ2n) is 6.39. The van der Waals surface area contributed by atoms with Gasteiger partial charge in [-0.3, -0.25) is 0 Å². The molecule has 0 aromatic heterocycles. The van der Waals surface area contributed by atoms with E-state index in [0.29, 0.717) is 6.54 Å². The highest BCUT2D eigenvalue weighted by atomic mass is 32.2. The van der Waals surface area contributed by atoms with Crippen LogP contribution in [0.2, 0.25) is 0 Å². The number of sulfone groups is 1. The van der Waals surface area contributed by atoms with Crippen molar-refractivity contribution in [2.24, 2.45) is 5.14 Å². The molecule has 0 saturated heterocycles. The summed E-state index contributed by atoms with van der Waals surface area (Å²) in [4.78, 5) is 1.46. The topological polar surface area (TPSA) is 110 Å². The molecule has 1 unspecified atom stereocenters. The van der Waals surface area contributed by atoms with E-state index in [1.807, 2.05) is 19.0 Å². The van der Waals surface area contributed by atoms with Crippen molar-refractivity contribution in [2.45, 2.75) is 15.8 Å². The zero-order valence-electron chi connectivity index (χ0n) is 15.2. The molecule has 2 aromatic carbocycles. The number of nitrogens with zero attached hydrogens (tertiary/aromatic N) is 1. The van der Waals surface area contributed by atoms with Crippen molar-refractivity contribution in [3.63, 3.8) is 0 Å². The molecule has 7 nitrogen and oxygen atoms in total. The van der Waals surface area contributed by atoms with Crippen LogP contribution in [0, 0.1) is 5.82 Å². The predicted molar refractivity (Wildman–Crippen MR) is 102 cm³/mol. The van der Waals surface area contributed by atoms with E-state index in [2.05, 4.69) is 5.32 Å². The molecule has 0 fully saturated rings. The second-order valence-corrected chi connectivity index (χ2v) is 9.93. The normalized spacial score (nSPS) is 13.6. The molecule has 0 radical (unpaired) electrons. The van der Waals surface area contributed by atoms with Gasteiger partial charge in [0.1, 0.15) is 5.82 Å². The Kier molecular flexibility index (Phi) is 6.25. The van der Waals surface area contributed by atoms with E-state index in [1.165, 1.54) is 24.3 Å². The van der Waals surface area contributed by atoms with Crippen LogP contribution in [0.4, 0.5) is 10.1 Å². The lowest BCUT2D eigenvalue weighted by atomic mass is 10.1. The summed E-state index contributed by atoms with van der Waals surface area (Å²) >= 11 is 0. The largest absolute Gasteiger partial charge is 0.382 e. The van der Waals surface area contributed by atoms with E-state index >= 15 is 0 Å². The van der Waals surface area contributed by atoms with E-state index in [-0.39, 0.29) is 27.3 Å². The molecule has 0 aliphatic rings. The number of rotatable bonds is 7. The molecule has 1 atom stereocenters. The number of nitrogens with two attached hydrogens (primary N) is 1. The van der Waals surface area contributed by atoms with Crippen LogP contribution in [0.3, 0.4) is 0 Å². The van der Waals surface area contributed by atoms with Gasteiger partial charge in [-0.2, -0.15) is 0 Å². The highest BCUT2D eigenvalue weighted by Crippen LogP contribution is 2.26. The lowest BCUT2D eigenvalue weighted by molar-refractivity contribution is 0.311. The van der Waals surface area contributed by atoms with Gasteiger partial charge < -0.3 is 10.2 Å². The van der Waals surface area contributed by atoms with Crippen LogP contribution in [0.5, 0.6) is 0 Å². The molecule has 10 heteroatoms. The molecule has 2 aromatic rings. The SMILES string of the molecule is CN(C)C(CNc1ccc(S(N)(=O)=O)cc1S(C)(=O)=O)c1ccc(F)cc1. The summed E-state index contributed by atoms with van der Waals surface area (Å²) in [7, 11) is -4.04. The van der Waals surface area contributed by atoms with Crippen LogP contribution < -0.4 is 10.5 Å². The molecule has 0 heterocycles. The maximum absolute atomic E-state index is 13.2. The smallest absolute Gasteiger partial charge is 0.238 e. The first-order valence-electron chi connectivity index (χ1n) is 7.92. The molecule has 2 rings (SSSR count). The van der Waals surface area contributed by atoms with E-state index in [9.17, 15) is 21.2 Å². The zero-order valence-corrected chi connectivity index (χ0v) is 16.8. The van der Waals surface area contributed by atoms with Crippen LogP contribution in [0.15, 0.2) is 52.3 Å². The van der Waals surface area contributed by atoms with E-state index < -0.39 is 19.9 Å².